The maximum Gasteiger partial charge on any atom is 0.359 e. The van der Waals surface area contributed by atoms with Crippen LogP contribution in [0.2, 0.25) is 0 Å². The van der Waals surface area contributed by atoms with E-state index in [1.807, 2.05) is 42.2 Å². The van der Waals surface area contributed by atoms with Crippen LogP contribution in [0.25, 0.3) is 0 Å². The molecular formula is C18H39N3O6S+2. The van der Waals surface area contributed by atoms with E-state index in [0.717, 1.165) is 6.42 Å². The van der Waals surface area contributed by atoms with Crippen molar-refractivity contribution < 1.29 is 36.6 Å². The third kappa shape index (κ3) is 16.7. The molecular weight excluding hydrogens is 386 g/mol. The number of amides is 1. The summed E-state index contributed by atoms with van der Waals surface area (Å²) in [5, 5.41) is 11.2. The van der Waals surface area contributed by atoms with Gasteiger partial charge < -0.3 is 19.4 Å². The second-order valence-electron chi connectivity index (χ2n) is 8.52. The molecule has 1 unspecified atom stereocenters. The van der Waals surface area contributed by atoms with Gasteiger partial charge in [0.05, 0.1) is 47.5 Å². The Morgan fingerprint density at radius 2 is 1.61 bits per heavy atom. The lowest BCUT2D eigenvalue weighted by atomic mass is 10.2. The summed E-state index contributed by atoms with van der Waals surface area (Å²) in [5.41, 5.74) is 0.467. The standard InChI is InChI=1S/C13H26N2O4S.C5H11NO2/c1-6-12(14-13(16)11(2)3)15(4,5)9-7-8-10-20(17,18)19;1-6(2,3)4-5(7)8/h12H,2,6-10H2,1,3-5H3,(H-,14,16,17,18,19);4H2,1-3H3/p+2. The zero-order chi connectivity index (χ0) is 22.8. The number of quaternary nitrogens is 2. The lowest BCUT2D eigenvalue weighted by molar-refractivity contribution is -0.917. The molecule has 0 aromatic carbocycles. The number of carboxylic acids is 1. The van der Waals surface area contributed by atoms with Gasteiger partial charge in [-0.1, -0.05) is 13.5 Å². The van der Waals surface area contributed by atoms with Crippen LogP contribution >= 0.6 is 0 Å². The number of nitrogens with one attached hydrogen (secondary N) is 1. The van der Waals surface area contributed by atoms with Gasteiger partial charge in [-0.25, -0.2) is 4.79 Å². The molecule has 166 valence electrons. The number of nitrogens with zero attached hydrogens (tertiary/aromatic N) is 2. The predicted octanol–water partition coefficient (Wildman–Crippen LogP) is 0.936. The Balaban J connectivity index is 0. The number of carbonyl (C=O) groups excluding carboxylic acids is 1. The second kappa shape index (κ2) is 12.2. The van der Waals surface area contributed by atoms with Gasteiger partial charge in [-0.15, -0.1) is 0 Å². The van der Waals surface area contributed by atoms with Crippen molar-refractivity contribution in [2.75, 3.05) is 54.1 Å². The number of likely N-dealkylation sites (N-methyl/N-ethyl adjacent to an activating group) is 1. The molecule has 0 fully saturated rings. The predicted molar refractivity (Wildman–Crippen MR) is 110 cm³/mol. The molecule has 0 aliphatic heterocycles. The van der Waals surface area contributed by atoms with Crippen LogP contribution in [0.4, 0.5) is 0 Å². The van der Waals surface area contributed by atoms with Crippen LogP contribution < -0.4 is 5.32 Å². The number of aliphatic carboxylic acids is 1. The van der Waals surface area contributed by atoms with E-state index in [-0.39, 0.29) is 24.4 Å². The molecule has 0 aliphatic rings. The summed E-state index contributed by atoms with van der Waals surface area (Å²) in [6.07, 6.45) is 1.78. The molecule has 0 aromatic rings. The first-order chi connectivity index (χ1) is 12.4. The van der Waals surface area contributed by atoms with Crippen molar-refractivity contribution in [1.29, 1.82) is 0 Å². The number of carbonyl (C=O) groups is 2. The highest BCUT2D eigenvalue weighted by Crippen LogP contribution is 2.11. The van der Waals surface area contributed by atoms with Crippen LogP contribution in [0.15, 0.2) is 12.2 Å². The Bertz CT molecular complexity index is 624. The lowest BCUT2D eigenvalue weighted by Gasteiger charge is -2.38. The fourth-order valence-electron chi connectivity index (χ4n) is 2.41. The van der Waals surface area contributed by atoms with Gasteiger partial charge in [0, 0.05) is 12.0 Å². The number of hydrogen-bond acceptors (Lipinski definition) is 4. The average molecular weight is 426 g/mol. The van der Waals surface area contributed by atoms with E-state index in [2.05, 4.69) is 11.9 Å². The molecule has 0 radical (unpaired) electrons. The van der Waals surface area contributed by atoms with Crippen molar-refractivity contribution >= 4 is 22.0 Å². The monoisotopic (exact) mass is 425 g/mol. The van der Waals surface area contributed by atoms with Crippen LogP contribution in [0.5, 0.6) is 0 Å². The topological polar surface area (TPSA) is 121 Å². The van der Waals surface area contributed by atoms with E-state index in [0.29, 0.717) is 33.9 Å². The van der Waals surface area contributed by atoms with E-state index in [1.54, 1.807) is 6.92 Å². The lowest BCUT2D eigenvalue weighted by Crippen LogP contribution is -2.57. The normalized spacial score (nSPS) is 13.1. The van der Waals surface area contributed by atoms with Gasteiger partial charge in [0.15, 0.2) is 12.7 Å². The summed E-state index contributed by atoms with van der Waals surface area (Å²) in [7, 11) is 5.61. The first-order valence-electron chi connectivity index (χ1n) is 9.17. The zero-order valence-electron chi connectivity index (χ0n) is 18.4. The number of hydrogen-bond donors (Lipinski definition) is 3. The largest absolute Gasteiger partial charge is 0.477 e. The van der Waals surface area contributed by atoms with E-state index in [1.165, 1.54) is 0 Å². The molecule has 9 nitrogen and oxygen atoms in total. The van der Waals surface area contributed by atoms with Gasteiger partial charge in [0.1, 0.15) is 0 Å². The fraction of sp³-hybridized carbons (Fsp3) is 0.778. The highest BCUT2D eigenvalue weighted by molar-refractivity contribution is 7.85. The van der Waals surface area contributed by atoms with Gasteiger partial charge in [-0.05, 0) is 19.8 Å². The van der Waals surface area contributed by atoms with Crippen LogP contribution in [0.3, 0.4) is 0 Å². The summed E-state index contributed by atoms with van der Waals surface area (Å²) in [6.45, 7) is 8.16. The molecule has 1 amide bonds. The minimum atomic E-state index is -3.89. The molecule has 0 spiro atoms. The van der Waals surface area contributed by atoms with Crippen molar-refractivity contribution in [3.8, 4) is 0 Å². The molecule has 0 aromatic heterocycles. The molecule has 0 aliphatic carbocycles. The van der Waals surface area contributed by atoms with Crippen LogP contribution in [-0.2, 0) is 19.7 Å². The summed E-state index contributed by atoms with van der Waals surface area (Å²) >= 11 is 0. The van der Waals surface area contributed by atoms with Crippen LogP contribution in [-0.4, -0.2) is 99.2 Å². The second-order valence-corrected chi connectivity index (χ2v) is 10.1. The minimum absolute atomic E-state index is 0.0510. The molecule has 0 rings (SSSR count). The third-order valence-corrected chi connectivity index (χ3v) is 4.72. The zero-order valence-corrected chi connectivity index (χ0v) is 19.2. The maximum atomic E-state index is 11.7. The summed E-state index contributed by atoms with van der Waals surface area (Å²) < 4.78 is 31.0. The Morgan fingerprint density at radius 3 is 1.89 bits per heavy atom. The summed E-state index contributed by atoms with van der Waals surface area (Å²) in [6, 6.07) is 0. The highest BCUT2D eigenvalue weighted by atomic mass is 32.2. The molecule has 3 N–H and O–H groups in total. The SMILES string of the molecule is C=C(C)C(=O)NC(CC)[N+](C)(C)CCCCS(=O)(=O)O.C[N+](C)(C)CC(=O)O. The first-order valence-corrected chi connectivity index (χ1v) is 10.8. The maximum absolute atomic E-state index is 11.7. The van der Waals surface area contributed by atoms with Gasteiger partial charge in [0.2, 0.25) is 0 Å². The Labute approximate surface area is 169 Å². The number of carboxylic acid groups (broad SMARTS) is 1. The first kappa shape index (κ1) is 28.7. The van der Waals surface area contributed by atoms with Gasteiger partial charge in [-0.3, -0.25) is 9.35 Å². The number of rotatable bonds is 11. The number of unbranched alkanes of at least 4 members (excludes halogenated alkanes) is 1. The Morgan fingerprint density at radius 1 is 1.11 bits per heavy atom. The van der Waals surface area contributed by atoms with E-state index < -0.39 is 16.1 Å². The van der Waals surface area contributed by atoms with Crippen molar-refractivity contribution in [2.24, 2.45) is 0 Å². The van der Waals surface area contributed by atoms with Crippen molar-refractivity contribution in [1.82, 2.24) is 5.32 Å². The summed E-state index contributed by atoms with van der Waals surface area (Å²) in [5.74, 6) is -1.14. The molecule has 10 heteroatoms. The van der Waals surface area contributed by atoms with Crippen molar-refractivity contribution in [3.05, 3.63) is 12.2 Å². The minimum Gasteiger partial charge on any atom is -0.477 e. The molecule has 0 heterocycles. The molecule has 1 atom stereocenters. The van der Waals surface area contributed by atoms with Gasteiger partial charge in [0.25, 0.3) is 16.0 Å². The van der Waals surface area contributed by atoms with Crippen LogP contribution in [0, 0.1) is 0 Å². The average Bonchev–Trinajstić information content (AvgIpc) is 2.45. The molecule has 0 bridgehead atoms. The van der Waals surface area contributed by atoms with Crippen LogP contribution in [0.1, 0.15) is 33.1 Å². The van der Waals surface area contributed by atoms with Crippen molar-refractivity contribution in [3.63, 3.8) is 0 Å². The van der Waals surface area contributed by atoms with Crippen molar-refractivity contribution in [2.45, 2.75) is 39.3 Å². The fourth-order valence-corrected chi connectivity index (χ4v) is 2.98. The van der Waals surface area contributed by atoms with E-state index >= 15 is 0 Å². The molecule has 0 saturated carbocycles. The van der Waals surface area contributed by atoms with E-state index in [4.69, 9.17) is 9.66 Å². The summed E-state index contributed by atoms with van der Waals surface area (Å²) in [4.78, 5) is 21.7. The molecule has 28 heavy (non-hydrogen) atoms. The quantitative estimate of drug-likeness (QED) is 0.149. The smallest absolute Gasteiger partial charge is 0.359 e. The van der Waals surface area contributed by atoms with E-state index in [9.17, 15) is 18.0 Å². The van der Waals surface area contributed by atoms with Gasteiger partial charge >= 0.3 is 5.97 Å². The third-order valence-electron chi connectivity index (χ3n) is 3.91. The Hall–Kier alpha value is -1.49. The molecule has 0 saturated heterocycles. The Kier molecular flexibility index (Phi) is 12.5. The van der Waals surface area contributed by atoms with Gasteiger partial charge in [-0.2, -0.15) is 8.42 Å². The highest BCUT2D eigenvalue weighted by Gasteiger charge is 2.27.